The average Bonchev–Trinajstić information content (AvgIpc) is 3.26. The number of esters is 1. The van der Waals surface area contributed by atoms with Gasteiger partial charge in [-0.25, -0.2) is 9.79 Å². The van der Waals surface area contributed by atoms with Gasteiger partial charge in [-0.3, -0.25) is 9.36 Å². The molecule has 0 spiro atoms. The van der Waals surface area contributed by atoms with Gasteiger partial charge >= 0.3 is 5.97 Å². The van der Waals surface area contributed by atoms with Crippen LogP contribution < -0.4 is 19.6 Å². The van der Waals surface area contributed by atoms with Crippen LogP contribution >= 0.6 is 22.9 Å². The molecule has 1 aliphatic rings. The first kappa shape index (κ1) is 28.1. The summed E-state index contributed by atoms with van der Waals surface area (Å²) in [7, 11) is 0. The maximum Gasteiger partial charge on any atom is 0.338 e. The summed E-state index contributed by atoms with van der Waals surface area (Å²) in [5, 5.41) is 9.84. The molecule has 206 valence electrons. The molecule has 0 unspecified atom stereocenters. The summed E-state index contributed by atoms with van der Waals surface area (Å²) in [4.78, 5) is 32.1. The molecule has 0 saturated heterocycles. The normalized spacial score (nSPS) is 14.8. The quantitative estimate of drug-likeness (QED) is 0.276. The average molecular weight is 584 g/mol. The van der Waals surface area contributed by atoms with Gasteiger partial charge in [0.2, 0.25) is 0 Å². The molecule has 0 aliphatic carbocycles. The third kappa shape index (κ3) is 6.02. The number of carbonyl (C=O) groups is 1. The van der Waals surface area contributed by atoms with Crippen LogP contribution in [0, 0.1) is 11.3 Å². The third-order valence-corrected chi connectivity index (χ3v) is 7.72. The van der Waals surface area contributed by atoms with Crippen LogP contribution in [0.1, 0.15) is 49.1 Å². The van der Waals surface area contributed by atoms with Crippen LogP contribution in [0.3, 0.4) is 0 Å². The van der Waals surface area contributed by atoms with E-state index < -0.39 is 12.0 Å². The Balaban J connectivity index is 1.49. The summed E-state index contributed by atoms with van der Waals surface area (Å²) >= 11 is 7.39. The van der Waals surface area contributed by atoms with Gasteiger partial charge in [0, 0.05) is 10.6 Å². The van der Waals surface area contributed by atoms with Crippen molar-refractivity contribution in [2.45, 2.75) is 39.5 Å². The minimum Gasteiger partial charge on any atom is -0.489 e. The number of allylic oxidation sites excluding steroid dienone is 1. The van der Waals surface area contributed by atoms with Crippen LogP contribution in [0.15, 0.2) is 93.9 Å². The van der Waals surface area contributed by atoms with Gasteiger partial charge in [-0.2, -0.15) is 5.26 Å². The molecule has 1 aromatic heterocycles. The molecule has 5 rings (SSSR count). The molecule has 0 fully saturated rings. The fourth-order valence-electron chi connectivity index (χ4n) is 4.55. The highest BCUT2D eigenvalue weighted by atomic mass is 35.5. The number of halogens is 1. The van der Waals surface area contributed by atoms with Gasteiger partial charge in [-0.1, -0.05) is 65.4 Å². The van der Waals surface area contributed by atoms with Gasteiger partial charge in [0.25, 0.3) is 5.56 Å². The van der Waals surface area contributed by atoms with E-state index in [-0.39, 0.29) is 18.3 Å². The molecule has 2 heterocycles. The third-order valence-electron chi connectivity index (χ3n) is 6.48. The number of thiazole rings is 1. The van der Waals surface area contributed by atoms with E-state index in [1.54, 1.807) is 61.7 Å². The number of aromatic nitrogens is 1. The maximum absolute atomic E-state index is 13.8. The molecule has 0 radical (unpaired) electrons. The number of carbonyl (C=O) groups excluding carboxylic acids is 1. The van der Waals surface area contributed by atoms with E-state index in [1.807, 2.05) is 42.5 Å². The molecule has 0 saturated carbocycles. The number of nitriles is 1. The molecule has 0 amide bonds. The lowest BCUT2D eigenvalue weighted by Gasteiger charge is -2.25. The Morgan fingerprint density at radius 1 is 1.12 bits per heavy atom. The number of nitrogens with zero attached hydrogens (tertiary/aromatic N) is 3. The zero-order valence-corrected chi connectivity index (χ0v) is 24.2. The maximum atomic E-state index is 13.8. The van der Waals surface area contributed by atoms with Crippen LogP contribution in [0.4, 0.5) is 0 Å². The van der Waals surface area contributed by atoms with E-state index in [4.69, 9.17) is 21.1 Å². The van der Waals surface area contributed by atoms with Crippen molar-refractivity contribution in [2.75, 3.05) is 0 Å². The fraction of sp³-hybridized carbons (Fsp3) is 0.188. The summed E-state index contributed by atoms with van der Waals surface area (Å²) in [6.07, 6.45) is 1.47. The van der Waals surface area contributed by atoms with E-state index in [2.05, 4.69) is 11.1 Å². The van der Waals surface area contributed by atoms with Crippen molar-refractivity contribution in [1.82, 2.24) is 4.57 Å². The number of rotatable bonds is 7. The number of hydrogen-bond donors (Lipinski definition) is 0. The van der Waals surface area contributed by atoms with Crippen molar-refractivity contribution in [2.24, 2.45) is 4.99 Å². The van der Waals surface area contributed by atoms with Gasteiger partial charge < -0.3 is 9.47 Å². The lowest BCUT2D eigenvalue weighted by Crippen LogP contribution is -2.40. The molecule has 7 nitrogen and oxygen atoms in total. The van der Waals surface area contributed by atoms with Crippen LogP contribution in [0.25, 0.3) is 6.08 Å². The number of benzene rings is 3. The Labute approximate surface area is 245 Å². The van der Waals surface area contributed by atoms with Gasteiger partial charge in [0.1, 0.15) is 12.4 Å². The van der Waals surface area contributed by atoms with E-state index >= 15 is 0 Å². The monoisotopic (exact) mass is 583 g/mol. The van der Waals surface area contributed by atoms with Crippen molar-refractivity contribution in [1.29, 1.82) is 5.26 Å². The minimum atomic E-state index is -0.705. The number of ether oxygens (including phenoxy) is 2. The second-order valence-electron chi connectivity index (χ2n) is 9.71. The van der Waals surface area contributed by atoms with Crippen molar-refractivity contribution in [3.8, 4) is 11.8 Å². The Morgan fingerprint density at radius 2 is 1.83 bits per heavy atom. The highest BCUT2D eigenvalue weighted by molar-refractivity contribution is 7.07. The predicted octanol–water partition coefficient (Wildman–Crippen LogP) is 5.29. The van der Waals surface area contributed by atoms with Crippen molar-refractivity contribution in [3.63, 3.8) is 0 Å². The van der Waals surface area contributed by atoms with Crippen LogP contribution in [-0.2, 0) is 16.1 Å². The summed E-state index contributed by atoms with van der Waals surface area (Å²) in [6.45, 7) is 5.59. The van der Waals surface area contributed by atoms with Crippen molar-refractivity contribution >= 4 is 35.0 Å². The topological polar surface area (TPSA) is 93.7 Å². The number of hydrogen-bond acceptors (Lipinski definition) is 7. The Hall–Kier alpha value is -4.45. The second-order valence-corrected chi connectivity index (χ2v) is 11.2. The molecule has 1 aliphatic heterocycles. The molecule has 0 bridgehead atoms. The molecular formula is C32H26ClN3O4S. The first-order valence-electron chi connectivity index (χ1n) is 12.9. The van der Waals surface area contributed by atoms with E-state index in [0.29, 0.717) is 36.9 Å². The number of fused-ring (bicyclic) bond motifs is 1. The van der Waals surface area contributed by atoms with Crippen molar-refractivity contribution < 1.29 is 14.3 Å². The first-order valence-corrected chi connectivity index (χ1v) is 14.1. The van der Waals surface area contributed by atoms with Crippen LogP contribution in [-0.4, -0.2) is 16.6 Å². The Kier molecular flexibility index (Phi) is 8.20. The highest BCUT2D eigenvalue weighted by Crippen LogP contribution is 2.31. The molecule has 4 aromatic rings. The highest BCUT2D eigenvalue weighted by Gasteiger charge is 2.33. The van der Waals surface area contributed by atoms with Gasteiger partial charge in [-0.05, 0) is 68.3 Å². The smallest absolute Gasteiger partial charge is 0.338 e. The summed E-state index contributed by atoms with van der Waals surface area (Å²) < 4.78 is 13.4. The van der Waals surface area contributed by atoms with E-state index in [9.17, 15) is 14.9 Å². The van der Waals surface area contributed by atoms with Gasteiger partial charge in [0.05, 0.1) is 39.6 Å². The Morgan fingerprint density at radius 3 is 2.51 bits per heavy atom. The van der Waals surface area contributed by atoms with Gasteiger partial charge in [0.15, 0.2) is 4.80 Å². The first-order chi connectivity index (χ1) is 19.7. The lowest BCUT2D eigenvalue weighted by molar-refractivity contribution is -0.143. The standard InChI is InChI=1S/C32H26ClN3O4S/c1-19(2)40-31(38)28-20(3)35-32-36(29(28)22-10-12-25(33)13-11-22)30(37)27(41-32)16-21-8-14-26(15-9-21)39-18-24-7-5-4-6-23(24)17-34/h4-16,19,29H,18H2,1-3H3/b27-16+/t29-/m1/s1. The van der Waals surface area contributed by atoms with Crippen LogP contribution in [0.2, 0.25) is 5.02 Å². The molecule has 3 aromatic carbocycles. The molecule has 9 heteroatoms. The zero-order chi connectivity index (χ0) is 29.1. The van der Waals surface area contributed by atoms with E-state index in [0.717, 1.165) is 16.7 Å². The summed E-state index contributed by atoms with van der Waals surface area (Å²) in [5.41, 5.74) is 3.48. The largest absolute Gasteiger partial charge is 0.489 e. The molecular weight excluding hydrogens is 558 g/mol. The molecule has 1 atom stereocenters. The minimum absolute atomic E-state index is 0.260. The molecule has 41 heavy (non-hydrogen) atoms. The molecule has 0 N–H and O–H groups in total. The summed E-state index contributed by atoms with van der Waals surface area (Å²) in [6, 6.07) is 23.2. The second kappa shape index (κ2) is 12.0. The summed E-state index contributed by atoms with van der Waals surface area (Å²) in [5.74, 6) is 0.131. The van der Waals surface area contributed by atoms with Crippen molar-refractivity contribution in [3.05, 3.63) is 131 Å². The zero-order valence-electron chi connectivity index (χ0n) is 22.6. The fourth-order valence-corrected chi connectivity index (χ4v) is 5.72. The lowest BCUT2D eigenvalue weighted by atomic mass is 9.96. The Bertz CT molecular complexity index is 1860. The SMILES string of the molecule is CC1=C(C(=O)OC(C)C)[C@@H](c2ccc(Cl)cc2)n2c(s/c(=C/c3ccc(OCc4ccccc4C#N)cc3)c2=O)=N1. The van der Waals surface area contributed by atoms with E-state index in [1.165, 1.54) is 11.3 Å². The predicted molar refractivity (Wildman–Crippen MR) is 158 cm³/mol. The van der Waals surface area contributed by atoms with Gasteiger partial charge in [-0.15, -0.1) is 0 Å². The van der Waals surface area contributed by atoms with Crippen LogP contribution in [0.5, 0.6) is 5.75 Å².